The lowest BCUT2D eigenvalue weighted by atomic mass is 9.87. The van der Waals surface area contributed by atoms with Gasteiger partial charge >= 0.3 is 0 Å². The quantitative estimate of drug-likeness (QED) is 0.837. The summed E-state index contributed by atoms with van der Waals surface area (Å²) in [4.78, 5) is 12.1. The van der Waals surface area contributed by atoms with Gasteiger partial charge in [-0.2, -0.15) is 0 Å². The van der Waals surface area contributed by atoms with Crippen molar-refractivity contribution in [2.24, 2.45) is 0 Å². The molecule has 0 aromatic heterocycles. The van der Waals surface area contributed by atoms with Crippen LogP contribution in [-0.2, 0) is 25.1 Å². The van der Waals surface area contributed by atoms with E-state index in [1.165, 1.54) is 12.1 Å². The van der Waals surface area contributed by atoms with Crippen LogP contribution in [0.3, 0.4) is 0 Å². The van der Waals surface area contributed by atoms with E-state index in [1.54, 1.807) is 12.1 Å². The van der Waals surface area contributed by atoms with Crippen molar-refractivity contribution in [1.29, 1.82) is 0 Å². The maximum absolute atomic E-state index is 12.5. The third kappa shape index (κ3) is 5.40. The van der Waals surface area contributed by atoms with Gasteiger partial charge in [0, 0.05) is 23.8 Å². The molecular formula is C19H23NO5S2. The second-order valence-electron chi connectivity index (χ2n) is 7.52. The van der Waals surface area contributed by atoms with Gasteiger partial charge in [-0.05, 0) is 41.3 Å². The molecule has 0 spiro atoms. The number of amides is 1. The van der Waals surface area contributed by atoms with Gasteiger partial charge < -0.3 is 5.32 Å². The molecule has 1 amide bonds. The van der Waals surface area contributed by atoms with E-state index in [1.807, 2.05) is 12.1 Å². The lowest BCUT2D eigenvalue weighted by molar-refractivity contribution is 0.102. The molecule has 27 heavy (non-hydrogen) atoms. The van der Waals surface area contributed by atoms with Crippen molar-refractivity contribution >= 4 is 31.3 Å². The average Bonchev–Trinajstić information content (AvgIpc) is 2.52. The zero-order valence-corrected chi connectivity index (χ0v) is 17.5. The topological polar surface area (TPSA) is 97.4 Å². The summed E-state index contributed by atoms with van der Waals surface area (Å²) in [5, 5.41) is 2.57. The molecule has 2 rings (SSSR count). The molecule has 0 heterocycles. The Balaban J connectivity index is 2.40. The smallest absolute Gasteiger partial charge is 0.255 e. The molecule has 146 valence electrons. The largest absolute Gasteiger partial charge is 0.322 e. The van der Waals surface area contributed by atoms with Gasteiger partial charge in [0.25, 0.3) is 5.91 Å². The Morgan fingerprint density at radius 3 is 1.63 bits per heavy atom. The first-order chi connectivity index (χ1) is 12.2. The summed E-state index contributed by atoms with van der Waals surface area (Å²) >= 11 is 0. The highest BCUT2D eigenvalue weighted by atomic mass is 32.2. The maximum atomic E-state index is 12.5. The van der Waals surface area contributed by atoms with Crippen molar-refractivity contribution in [1.82, 2.24) is 0 Å². The third-order valence-electron chi connectivity index (χ3n) is 4.01. The van der Waals surface area contributed by atoms with Crippen LogP contribution >= 0.6 is 0 Å². The summed E-state index contributed by atoms with van der Waals surface area (Å²) in [5.74, 6) is -0.458. The zero-order valence-electron chi connectivity index (χ0n) is 15.9. The van der Waals surface area contributed by atoms with E-state index >= 15 is 0 Å². The number of rotatable bonds is 4. The highest BCUT2D eigenvalue weighted by Crippen LogP contribution is 2.24. The number of benzene rings is 2. The van der Waals surface area contributed by atoms with Gasteiger partial charge in [-0.15, -0.1) is 0 Å². The van der Waals surface area contributed by atoms with Crippen molar-refractivity contribution in [2.45, 2.75) is 36.0 Å². The van der Waals surface area contributed by atoms with Crippen molar-refractivity contribution in [3.8, 4) is 0 Å². The predicted octanol–water partition coefficient (Wildman–Crippen LogP) is 3.04. The molecule has 0 unspecified atom stereocenters. The SMILES string of the molecule is CC(C)(C)c1ccc(C(=O)Nc2cc(S(C)(=O)=O)cc(S(C)(=O)=O)c2)cc1. The molecule has 0 saturated heterocycles. The van der Waals surface area contributed by atoms with E-state index in [4.69, 9.17) is 0 Å². The Kier molecular flexibility index (Phi) is 5.54. The predicted molar refractivity (Wildman–Crippen MR) is 106 cm³/mol. The van der Waals surface area contributed by atoms with Gasteiger partial charge in [-0.25, -0.2) is 16.8 Å². The van der Waals surface area contributed by atoms with Crippen LogP contribution in [0.4, 0.5) is 5.69 Å². The van der Waals surface area contributed by atoms with Gasteiger partial charge in [-0.3, -0.25) is 4.79 Å². The number of carbonyl (C=O) groups is 1. The second kappa shape index (κ2) is 7.09. The summed E-state index contributed by atoms with van der Waals surface area (Å²) in [6.45, 7) is 6.18. The Morgan fingerprint density at radius 1 is 0.815 bits per heavy atom. The number of carbonyl (C=O) groups excluding carboxylic acids is 1. The van der Waals surface area contributed by atoms with E-state index in [2.05, 4.69) is 26.1 Å². The molecule has 2 aromatic rings. The molecule has 0 fully saturated rings. The van der Waals surface area contributed by atoms with E-state index in [0.29, 0.717) is 5.56 Å². The molecule has 0 bridgehead atoms. The lowest BCUT2D eigenvalue weighted by Gasteiger charge is -2.19. The van der Waals surface area contributed by atoms with E-state index in [9.17, 15) is 21.6 Å². The first-order valence-electron chi connectivity index (χ1n) is 8.15. The summed E-state index contributed by atoms with van der Waals surface area (Å²) in [6.07, 6.45) is 1.95. The minimum Gasteiger partial charge on any atom is -0.322 e. The summed E-state index contributed by atoms with van der Waals surface area (Å²) < 4.78 is 47.4. The van der Waals surface area contributed by atoms with Gasteiger partial charge in [0.05, 0.1) is 9.79 Å². The first-order valence-corrected chi connectivity index (χ1v) is 11.9. The molecule has 0 atom stereocenters. The van der Waals surface area contributed by atoms with Crippen molar-refractivity contribution < 1.29 is 21.6 Å². The average molecular weight is 410 g/mol. The molecule has 6 nitrogen and oxygen atoms in total. The molecule has 0 radical (unpaired) electrons. The van der Waals surface area contributed by atoms with Crippen molar-refractivity contribution in [2.75, 3.05) is 17.8 Å². The molecule has 0 aliphatic carbocycles. The van der Waals surface area contributed by atoms with Gasteiger partial charge in [0.2, 0.25) is 0 Å². The molecule has 0 aliphatic rings. The standard InChI is InChI=1S/C19H23NO5S2/c1-19(2,3)14-8-6-13(7-9-14)18(21)20-15-10-16(26(4,22)23)12-17(11-15)27(5,24)25/h6-12H,1-5H3,(H,20,21). The summed E-state index contributed by atoms with van der Waals surface area (Å²) in [5.41, 5.74) is 1.50. The van der Waals surface area contributed by atoms with Crippen LogP contribution in [0.25, 0.3) is 0 Å². The van der Waals surface area contributed by atoms with Gasteiger partial charge in [0.1, 0.15) is 0 Å². The number of hydrogen-bond donors (Lipinski definition) is 1. The Morgan fingerprint density at radius 2 is 1.26 bits per heavy atom. The lowest BCUT2D eigenvalue weighted by Crippen LogP contribution is -2.15. The summed E-state index contributed by atoms with van der Waals surface area (Å²) in [7, 11) is -7.29. The van der Waals surface area contributed by atoms with E-state index in [0.717, 1.165) is 24.1 Å². The van der Waals surface area contributed by atoms with Crippen LogP contribution in [0.5, 0.6) is 0 Å². The molecule has 1 N–H and O–H groups in total. The van der Waals surface area contributed by atoms with Crippen molar-refractivity contribution in [3.63, 3.8) is 0 Å². The Bertz CT molecular complexity index is 1030. The van der Waals surface area contributed by atoms with Crippen LogP contribution in [0.15, 0.2) is 52.3 Å². The van der Waals surface area contributed by atoms with Crippen LogP contribution in [0.2, 0.25) is 0 Å². The molecule has 0 saturated carbocycles. The minimum absolute atomic E-state index is 0.0524. The molecular weight excluding hydrogens is 386 g/mol. The minimum atomic E-state index is -3.65. The maximum Gasteiger partial charge on any atom is 0.255 e. The number of hydrogen-bond acceptors (Lipinski definition) is 5. The molecule has 2 aromatic carbocycles. The number of nitrogens with one attached hydrogen (secondary N) is 1. The van der Waals surface area contributed by atoms with Crippen LogP contribution in [-0.4, -0.2) is 35.3 Å². The molecule has 0 aliphatic heterocycles. The van der Waals surface area contributed by atoms with E-state index in [-0.39, 0.29) is 20.9 Å². The monoisotopic (exact) mass is 409 g/mol. The Labute approximate surface area is 160 Å². The second-order valence-corrected chi connectivity index (χ2v) is 11.6. The zero-order chi connectivity index (χ0) is 20.6. The fourth-order valence-corrected chi connectivity index (χ4v) is 3.84. The first kappa shape index (κ1) is 21.1. The highest BCUT2D eigenvalue weighted by Gasteiger charge is 2.18. The van der Waals surface area contributed by atoms with Crippen LogP contribution in [0.1, 0.15) is 36.7 Å². The number of sulfone groups is 2. The fourth-order valence-electron chi connectivity index (χ4n) is 2.40. The van der Waals surface area contributed by atoms with E-state index < -0.39 is 25.6 Å². The fraction of sp³-hybridized carbons (Fsp3) is 0.316. The van der Waals surface area contributed by atoms with Crippen LogP contribution < -0.4 is 5.32 Å². The summed E-state index contributed by atoms with van der Waals surface area (Å²) in [6, 6.07) is 10.6. The van der Waals surface area contributed by atoms with Gasteiger partial charge in [0.15, 0.2) is 19.7 Å². The Hall–Kier alpha value is -2.19. The highest BCUT2D eigenvalue weighted by molar-refractivity contribution is 7.91. The number of anilines is 1. The van der Waals surface area contributed by atoms with Crippen molar-refractivity contribution in [3.05, 3.63) is 53.6 Å². The van der Waals surface area contributed by atoms with Crippen LogP contribution in [0, 0.1) is 0 Å². The third-order valence-corrected chi connectivity index (χ3v) is 6.19. The normalized spacial score (nSPS) is 12.6. The van der Waals surface area contributed by atoms with Gasteiger partial charge in [-0.1, -0.05) is 32.9 Å². The molecule has 8 heteroatoms.